The monoisotopic (exact) mass is 339 g/mol. The molecule has 9 heteroatoms. The lowest BCUT2D eigenvalue weighted by atomic mass is 9.99. The second-order valence-corrected chi connectivity index (χ2v) is 5.36. The maximum atomic E-state index is 9.89. The van der Waals surface area contributed by atoms with E-state index in [1.54, 1.807) is 18.2 Å². The van der Waals surface area contributed by atoms with Crippen LogP contribution in [0.5, 0.6) is 5.75 Å². The van der Waals surface area contributed by atoms with Crippen molar-refractivity contribution in [2.45, 2.75) is 30.7 Å². The number of hydrogen-bond donors (Lipinski definition) is 4. The molecule has 0 aliphatic carbocycles. The predicted molar refractivity (Wildman–Crippen MR) is 75.0 cm³/mol. The number of aliphatic hydroxyl groups is 4. The number of aliphatic hydroxyl groups excluding tert-OH is 4. The fourth-order valence-electron chi connectivity index (χ4n) is 1.99. The van der Waals surface area contributed by atoms with Gasteiger partial charge >= 0.3 is 0 Å². The number of halogens is 2. The molecule has 0 radical (unpaired) electrons. The summed E-state index contributed by atoms with van der Waals surface area (Å²) in [4.78, 5) is 0. The van der Waals surface area contributed by atoms with Gasteiger partial charge in [0.1, 0.15) is 35.9 Å². The summed E-state index contributed by atoms with van der Waals surface area (Å²) in [7, 11) is 0. The Hall–Kier alpha value is -0.800. The van der Waals surface area contributed by atoms with E-state index in [0.29, 0.717) is 5.69 Å². The number of hydrogen-bond acceptors (Lipinski definition) is 7. The van der Waals surface area contributed by atoms with E-state index < -0.39 is 37.3 Å². The van der Waals surface area contributed by atoms with Crippen molar-refractivity contribution < 1.29 is 29.9 Å². The molecule has 118 valence electrons. The zero-order valence-corrected chi connectivity index (χ0v) is 12.2. The van der Waals surface area contributed by atoms with Crippen LogP contribution in [-0.4, -0.2) is 57.7 Å². The first-order chi connectivity index (χ1) is 9.95. The number of para-hydroxylation sites is 2. The topological polar surface area (TPSA) is 103 Å². The molecule has 21 heavy (non-hydrogen) atoms. The van der Waals surface area contributed by atoms with Crippen LogP contribution in [0.25, 0.3) is 0 Å². The zero-order valence-electron chi connectivity index (χ0n) is 10.7. The van der Waals surface area contributed by atoms with E-state index in [4.69, 9.17) is 38.1 Å². The van der Waals surface area contributed by atoms with Crippen LogP contribution in [0, 0.1) is 0 Å². The van der Waals surface area contributed by atoms with Crippen molar-refractivity contribution in [1.29, 1.82) is 0 Å². The average Bonchev–Trinajstić information content (AvgIpc) is 2.48. The summed E-state index contributed by atoms with van der Waals surface area (Å²) >= 11 is 11.3. The van der Waals surface area contributed by atoms with Gasteiger partial charge in [0.2, 0.25) is 6.29 Å². The molecule has 0 spiro atoms. The Kier molecular flexibility index (Phi) is 5.50. The predicted octanol–water partition coefficient (Wildman–Crippen LogP) is -0.0207. The highest BCUT2D eigenvalue weighted by atomic mass is 35.5. The molecule has 0 amide bonds. The van der Waals surface area contributed by atoms with Gasteiger partial charge in [-0.1, -0.05) is 12.1 Å². The van der Waals surface area contributed by atoms with Gasteiger partial charge in [0.25, 0.3) is 0 Å². The Morgan fingerprint density at radius 3 is 2.38 bits per heavy atom. The molecule has 1 heterocycles. The summed E-state index contributed by atoms with van der Waals surface area (Å²) in [6.45, 7) is -0.538. The van der Waals surface area contributed by atoms with Crippen molar-refractivity contribution >= 4 is 29.2 Å². The van der Waals surface area contributed by atoms with Gasteiger partial charge in [0.15, 0.2) is 0 Å². The van der Waals surface area contributed by atoms with Gasteiger partial charge in [-0.15, -0.1) is 0 Å². The summed E-state index contributed by atoms with van der Waals surface area (Å²) < 4.78 is 11.5. The minimum Gasteiger partial charge on any atom is -0.460 e. The number of ether oxygens (including phenoxy) is 2. The lowest BCUT2D eigenvalue weighted by Gasteiger charge is -2.39. The van der Waals surface area contributed by atoms with Gasteiger partial charge in [0, 0.05) is 23.6 Å². The van der Waals surface area contributed by atoms with Crippen molar-refractivity contribution in [1.82, 2.24) is 0 Å². The third kappa shape index (κ3) is 3.51. The second-order valence-electron chi connectivity index (χ2n) is 4.52. The lowest BCUT2D eigenvalue weighted by Crippen LogP contribution is -2.60. The molecule has 1 aromatic carbocycles. The van der Waals surface area contributed by atoms with Crippen LogP contribution in [-0.2, 0) is 4.74 Å². The summed E-state index contributed by atoms with van der Waals surface area (Å²) in [5.74, 6) is 0.201. The molecule has 2 rings (SSSR count). The molecule has 1 saturated heterocycles. The van der Waals surface area contributed by atoms with Gasteiger partial charge in [-0.05, 0) is 12.1 Å². The number of benzene rings is 1. The molecule has 1 aliphatic rings. The third-order valence-electron chi connectivity index (χ3n) is 3.14. The van der Waals surface area contributed by atoms with Gasteiger partial charge in [-0.2, -0.15) is 3.94 Å². The Labute approximate surface area is 131 Å². The zero-order chi connectivity index (χ0) is 15.6. The first-order valence-electron chi connectivity index (χ1n) is 6.13. The van der Waals surface area contributed by atoms with Gasteiger partial charge < -0.3 is 29.9 Å². The standard InChI is InChI=1S/C12H15Cl2NO6/c13-15(14)6-3-1-2-4-7(6)20-12-11(19)10(18)9(17)8(5-16)21-12/h1-4,8-12,16-19H,5H2/t8-,9-,10+,11-,12?/m1/s1. The second kappa shape index (κ2) is 6.97. The van der Waals surface area contributed by atoms with E-state index in [1.165, 1.54) is 6.07 Å². The van der Waals surface area contributed by atoms with E-state index in [2.05, 4.69) is 0 Å². The van der Waals surface area contributed by atoms with E-state index >= 15 is 0 Å². The fraction of sp³-hybridized carbons (Fsp3) is 0.500. The minimum atomic E-state index is -1.52. The molecule has 5 atom stereocenters. The van der Waals surface area contributed by atoms with Crippen LogP contribution in [0.2, 0.25) is 0 Å². The van der Waals surface area contributed by atoms with Crippen molar-refractivity contribution in [3.63, 3.8) is 0 Å². The van der Waals surface area contributed by atoms with Gasteiger partial charge in [-0.25, -0.2) is 0 Å². The fourth-order valence-corrected chi connectivity index (χ4v) is 2.27. The smallest absolute Gasteiger partial charge is 0.229 e. The van der Waals surface area contributed by atoms with Crippen molar-refractivity contribution in [2.24, 2.45) is 0 Å². The van der Waals surface area contributed by atoms with Crippen LogP contribution in [0.1, 0.15) is 0 Å². The maximum absolute atomic E-state index is 9.89. The quantitative estimate of drug-likeness (QED) is 0.571. The van der Waals surface area contributed by atoms with Crippen molar-refractivity contribution in [3.05, 3.63) is 24.3 Å². The van der Waals surface area contributed by atoms with Crippen LogP contribution in [0.4, 0.5) is 5.69 Å². The SMILES string of the molecule is OC[C@H]1OC(Oc2ccccc2N(Cl)Cl)[C@H](O)[C@@H](O)[C@@H]1O. The van der Waals surface area contributed by atoms with Crippen LogP contribution < -0.4 is 8.67 Å². The first-order valence-corrected chi connectivity index (χ1v) is 6.81. The molecule has 7 nitrogen and oxygen atoms in total. The lowest BCUT2D eigenvalue weighted by molar-refractivity contribution is -0.277. The largest absolute Gasteiger partial charge is 0.460 e. The Morgan fingerprint density at radius 1 is 1.10 bits per heavy atom. The summed E-state index contributed by atoms with van der Waals surface area (Å²) in [5.41, 5.74) is 0.304. The van der Waals surface area contributed by atoms with Gasteiger partial charge in [0.05, 0.1) is 6.61 Å². The van der Waals surface area contributed by atoms with Crippen LogP contribution in [0.15, 0.2) is 24.3 Å². The number of anilines is 1. The maximum Gasteiger partial charge on any atom is 0.229 e. The van der Waals surface area contributed by atoms with E-state index in [-0.39, 0.29) is 5.75 Å². The van der Waals surface area contributed by atoms with E-state index in [0.717, 1.165) is 3.94 Å². The summed E-state index contributed by atoms with van der Waals surface area (Å²) in [5, 5.41) is 38.4. The molecule has 4 N–H and O–H groups in total. The molecular weight excluding hydrogens is 325 g/mol. The molecule has 0 saturated carbocycles. The molecular formula is C12H15Cl2NO6. The number of nitrogens with zero attached hydrogens (tertiary/aromatic N) is 1. The highest BCUT2D eigenvalue weighted by molar-refractivity contribution is 6.49. The average molecular weight is 340 g/mol. The highest BCUT2D eigenvalue weighted by Crippen LogP contribution is 2.33. The Balaban J connectivity index is 2.19. The highest BCUT2D eigenvalue weighted by Gasteiger charge is 2.44. The third-order valence-corrected chi connectivity index (χ3v) is 3.50. The molecule has 0 bridgehead atoms. The summed E-state index contributed by atoms with van der Waals surface area (Å²) in [6, 6.07) is 6.43. The van der Waals surface area contributed by atoms with Crippen molar-refractivity contribution in [2.75, 3.05) is 10.5 Å². The molecule has 1 fully saturated rings. The molecule has 0 aromatic heterocycles. The van der Waals surface area contributed by atoms with Crippen LogP contribution >= 0.6 is 23.6 Å². The first kappa shape index (κ1) is 16.6. The van der Waals surface area contributed by atoms with Gasteiger partial charge in [-0.3, -0.25) is 0 Å². The van der Waals surface area contributed by atoms with E-state index in [9.17, 15) is 15.3 Å². The van der Waals surface area contributed by atoms with E-state index in [1.807, 2.05) is 0 Å². The molecule has 1 aromatic rings. The van der Waals surface area contributed by atoms with Crippen LogP contribution in [0.3, 0.4) is 0 Å². The number of rotatable bonds is 4. The summed E-state index contributed by atoms with van der Waals surface area (Å²) in [6.07, 6.45) is -6.82. The normalized spacial score (nSPS) is 32.8. The minimum absolute atomic E-state index is 0.201. The molecule has 1 aliphatic heterocycles. The molecule has 1 unspecified atom stereocenters. The Morgan fingerprint density at radius 2 is 1.76 bits per heavy atom. The van der Waals surface area contributed by atoms with Crippen molar-refractivity contribution in [3.8, 4) is 5.75 Å². The Bertz CT molecular complexity index is 475.